The molecule has 4 aliphatic rings. The van der Waals surface area contributed by atoms with Gasteiger partial charge in [0.25, 0.3) is 11.8 Å². The number of carbonyl (C=O) groups excluding carboxylic acids is 4. The van der Waals surface area contributed by atoms with Gasteiger partial charge in [-0.1, -0.05) is 97.1 Å². The van der Waals surface area contributed by atoms with Crippen LogP contribution < -0.4 is 9.80 Å². The quantitative estimate of drug-likeness (QED) is 0.323. The molecule has 0 aromatic heterocycles. The first-order valence-electron chi connectivity index (χ1n) is 14.9. The summed E-state index contributed by atoms with van der Waals surface area (Å²) in [5.41, 5.74) is 4.39. The van der Waals surface area contributed by atoms with E-state index < -0.39 is 36.0 Å². The number of benzene rings is 4. The van der Waals surface area contributed by atoms with Crippen molar-refractivity contribution in [2.75, 3.05) is 9.80 Å². The fraction of sp³-hybridized carbons (Fsp3) is 0.222. The maximum absolute atomic E-state index is 14.5. The number of amides is 4. The van der Waals surface area contributed by atoms with Crippen LogP contribution in [0.15, 0.2) is 109 Å². The molecule has 4 aliphatic heterocycles. The highest BCUT2D eigenvalue weighted by molar-refractivity contribution is 6.26. The summed E-state index contributed by atoms with van der Waals surface area (Å²) in [5.74, 6) is -2.82. The topological polar surface area (TPSA) is 81.2 Å². The van der Waals surface area contributed by atoms with Gasteiger partial charge in [-0.15, -0.1) is 0 Å². The minimum Gasteiger partial charge on any atom is -0.274 e. The van der Waals surface area contributed by atoms with Crippen LogP contribution in [0.1, 0.15) is 34.3 Å². The van der Waals surface area contributed by atoms with Crippen LogP contribution in [-0.4, -0.2) is 45.7 Å². The zero-order chi connectivity index (χ0) is 30.3. The molecule has 4 heterocycles. The van der Waals surface area contributed by atoms with Gasteiger partial charge in [0.05, 0.1) is 35.3 Å². The molecule has 0 spiro atoms. The highest BCUT2D eigenvalue weighted by Gasteiger charge is 2.73. The fourth-order valence-corrected chi connectivity index (χ4v) is 7.90. The van der Waals surface area contributed by atoms with Crippen molar-refractivity contribution >= 4 is 35.0 Å². The number of hydrogen-bond donors (Lipinski definition) is 0. The summed E-state index contributed by atoms with van der Waals surface area (Å²) in [4.78, 5) is 60.6. The fourth-order valence-electron chi connectivity index (χ4n) is 7.90. The zero-order valence-electron chi connectivity index (χ0n) is 24.3. The van der Waals surface area contributed by atoms with Crippen LogP contribution >= 0.6 is 0 Å². The highest BCUT2D eigenvalue weighted by atomic mass is 16.2. The van der Waals surface area contributed by atoms with E-state index in [1.807, 2.05) is 121 Å². The molecule has 6 atom stereocenters. The van der Waals surface area contributed by atoms with Gasteiger partial charge in [-0.25, -0.2) is 19.8 Å². The summed E-state index contributed by atoms with van der Waals surface area (Å²) in [6.07, 6.45) is 0. The molecule has 0 N–H and O–H groups in total. The monoisotopic (exact) mass is 582 g/mol. The first kappa shape index (κ1) is 26.7. The molecule has 8 rings (SSSR count). The van der Waals surface area contributed by atoms with Crippen LogP contribution in [0.5, 0.6) is 0 Å². The second kappa shape index (κ2) is 9.80. The molecule has 0 aliphatic carbocycles. The number of rotatable bonds is 4. The smallest absolute Gasteiger partial charge is 0.253 e. The number of hydrazine groups is 1. The number of carbonyl (C=O) groups is 4. The maximum Gasteiger partial charge on any atom is 0.253 e. The molecule has 44 heavy (non-hydrogen) atoms. The average Bonchev–Trinajstić information content (AvgIpc) is 3.70. The van der Waals surface area contributed by atoms with Gasteiger partial charge in [0, 0.05) is 0 Å². The van der Waals surface area contributed by atoms with Gasteiger partial charge < -0.3 is 0 Å². The summed E-state index contributed by atoms with van der Waals surface area (Å²) in [6, 6.07) is 30.9. The third kappa shape index (κ3) is 3.52. The maximum atomic E-state index is 14.5. The van der Waals surface area contributed by atoms with Gasteiger partial charge in [-0.3, -0.25) is 19.2 Å². The van der Waals surface area contributed by atoms with Crippen molar-refractivity contribution in [1.29, 1.82) is 0 Å². The highest BCUT2D eigenvalue weighted by Crippen LogP contribution is 2.59. The number of aryl methyl sites for hydroxylation is 2. The molecular formula is C36H30N4O4. The van der Waals surface area contributed by atoms with E-state index in [9.17, 15) is 19.2 Å². The molecule has 4 fully saturated rings. The standard InChI is InChI=1S/C36H30N4O4/c1-21-13-9-11-19-25(21)37-33(41)27-29(23-15-5-3-6-16-23)40-32-28(34(42)38(36(32)44)26-20-12-10-14-22(26)2)30(24-17-7-4-8-18-24)39(40)31(27)35(37)43/h3-20,27-32H,1-2H3/t27-,28+,29-,30-,31-,32+/m0/s1. The van der Waals surface area contributed by atoms with Crippen molar-refractivity contribution in [3.05, 3.63) is 131 Å². The minimum atomic E-state index is -0.879. The Morgan fingerprint density at radius 2 is 0.750 bits per heavy atom. The van der Waals surface area contributed by atoms with Gasteiger partial charge >= 0.3 is 0 Å². The Balaban J connectivity index is 1.34. The number of anilines is 2. The Kier molecular flexibility index (Phi) is 5.95. The third-order valence-corrected chi connectivity index (χ3v) is 9.72. The minimum absolute atomic E-state index is 0.298. The van der Waals surface area contributed by atoms with E-state index in [2.05, 4.69) is 0 Å². The van der Waals surface area contributed by atoms with Crippen molar-refractivity contribution in [2.45, 2.75) is 38.0 Å². The first-order valence-corrected chi connectivity index (χ1v) is 14.9. The van der Waals surface area contributed by atoms with E-state index >= 15 is 0 Å². The van der Waals surface area contributed by atoms with Crippen molar-refractivity contribution in [3.63, 3.8) is 0 Å². The third-order valence-electron chi connectivity index (χ3n) is 9.72. The Bertz CT molecular complexity index is 1710. The van der Waals surface area contributed by atoms with Gasteiger partial charge in [0.2, 0.25) is 11.8 Å². The number of para-hydroxylation sites is 2. The molecule has 4 aromatic carbocycles. The second-order valence-electron chi connectivity index (χ2n) is 12.0. The Labute approximate surface area is 255 Å². The Morgan fingerprint density at radius 3 is 1.11 bits per heavy atom. The lowest BCUT2D eigenvalue weighted by atomic mass is 9.84. The number of fused-ring (bicyclic) bond motifs is 5. The van der Waals surface area contributed by atoms with Gasteiger partial charge in [0.1, 0.15) is 12.1 Å². The molecular weight excluding hydrogens is 552 g/mol. The van der Waals surface area contributed by atoms with E-state index in [-0.39, 0.29) is 23.6 Å². The van der Waals surface area contributed by atoms with Crippen molar-refractivity contribution in [3.8, 4) is 0 Å². The predicted molar refractivity (Wildman–Crippen MR) is 164 cm³/mol. The molecule has 8 heteroatoms. The molecule has 0 bridgehead atoms. The summed E-state index contributed by atoms with van der Waals surface area (Å²) in [5, 5.41) is 3.83. The van der Waals surface area contributed by atoms with Gasteiger partial charge in [0.15, 0.2) is 0 Å². The molecule has 8 nitrogen and oxygen atoms in total. The first-order chi connectivity index (χ1) is 21.4. The zero-order valence-corrected chi connectivity index (χ0v) is 24.3. The summed E-state index contributed by atoms with van der Waals surface area (Å²) in [6.45, 7) is 3.77. The van der Waals surface area contributed by atoms with Crippen LogP contribution in [0.4, 0.5) is 11.4 Å². The van der Waals surface area contributed by atoms with E-state index in [1.54, 1.807) is 12.1 Å². The SMILES string of the molecule is Cc1ccccc1N1C(=O)[C@@H]2[C@@H](C1=O)N1[C@@H](c3ccccc3)[C@H]3C(=O)N(c4ccccc4C)C(=O)[C@@H]3N1[C@H]2c1ccccc1. The molecule has 4 aromatic rings. The lowest BCUT2D eigenvalue weighted by Crippen LogP contribution is -2.50. The predicted octanol–water partition coefficient (Wildman–Crippen LogP) is 4.75. The average molecular weight is 583 g/mol. The van der Waals surface area contributed by atoms with Gasteiger partial charge in [-0.05, 0) is 48.2 Å². The normalized spacial score (nSPS) is 28.1. The molecule has 0 saturated carbocycles. The number of nitrogens with zero attached hydrogens (tertiary/aromatic N) is 4. The Morgan fingerprint density at radius 1 is 0.409 bits per heavy atom. The van der Waals surface area contributed by atoms with Crippen molar-refractivity contribution < 1.29 is 19.2 Å². The number of imide groups is 2. The lowest BCUT2D eigenvalue weighted by Gasteiger charge is -2.36. The van der Waals surface area contributed by atoms with Crippen LogP contribution in [0.3, 0.4) is 0 Å². The van der Waals surface area contributed by atoms with E-state index in [0.717, 1.165) is 22.3 Å². The largest absolute Gasteiger partial charge is 0.274 e. The molecule has 218 valence electrons. The number of hydrogen-bond acceptors (Lipinski definition) is 6. The van der Waals surface area contributed by atoms with Gasteiger partial charge in [-0.2, -0.15) is 0 Å². The van der Waals surface area contributed by atoms with Crippen LogP contribution in [0.25, 0.3) is 0 Å². The van der Waals surface area contributed by atoms with E-state index in [0.29, 0.717) is 11.4 Å². The lowest BCUT2D eigenvalue weighted by molar-refractivity contribution is -0.136. The summed E-state index contributed by atoms with van der Waals surface area (Å²) < 4.78 is 0. The summed E-state index contributed by atoms with van der Waals surface area (Å²) in [7, 11) is 0. The molecule has 0 radical (unpaired) electrons. The van der Waals surface area contributed by atoms with Crippen molar-refractivity contribution in [2.24, 2.45) is 11.8 Å². The van der Waals surface area contributed by atoms with E-state index in [1.165, 1.54) is 9.80 Å². The molecule has 4 amide bonds. The second-order valence-corrected chi connectivity index (χ2v) is 12.0. The molecule has 0 unspecified atom stereocenters. The Hall–Kier alpha value is -4.92. The van der Waals surface area contributed by atoms with Crippen molar-refractivity contribution in [1.82, 2.24) is 10.0 Å². The van der Waals surface area contributed by atoms with Crippen LogP contribution in [-0.2, 0) is 19.2 Å². The molecule has 4 saturated heterocycles. The summed E-state index contributed by atoms with van der Waals surface area (Å²) >= 11 is 0. The van der Waals surface area contributed by atoms with Crippen LogP contribution in [0, 0.1) is 25.7 Å². The van der Waals surface area contributed by atoms with E-state index in [4.69, 9.17) is 0 Å². The van der Waals surface area contributed by atoms with Crippen LogP contribution in [0.2, 0.25) is 0 Å².